The van der Waals surface area contributed by atoms with Crippen molar-refractivity contribution in [2.24, 2.45) is 11.3 Å². The molecule has 0 saturated heterocycles. The van der Waals surface area contributed by atoms with E-state index in [0.29, 0.717) is 11.5 Å². The quantitative estimate of drug-likeness (QED) is 0.856. The molecule has 1 N–H and O–H groups in total. The highest BCUT2D eigenvalue weighted by atomic mass is 14.9. The van der Waals surface area contributed by atoms with Crippen molar-refractivity contribution < 1.29 is 0 Å². The minimum Gasteiger partial charge on any atom is -0.310 e. The molecule has 94 valence electrons. The molecular weight excluding hydrogens is 220 g/mol. The normalized spacial score (nSPS) is 22.2. The Balaban J connectivity index is 1.57. The van der Waals surface area contributed by atoms with Gasteiger partial charge in [0.15, 0.2) is 0 Å². The molecule has 1 atom stereocenters. The lowest BCUT2D eigenvalue weighted by Crippen LogP contribution is -2.27. The molecule has 0 amide bonds. The molecule has 2 heteroatoms. The zero-order valence-electron chi connectivity index (χ0n) is 10.9. The Kier molecular flexibility index (Phi) is 2.87. The van der Waals surface area contributed by atoms with Crippen molar-refractivity contribution in [2.45, 2.75) is 38.6 Å². The molecule has 2 aliphatic rings. The van der Waals surface area contributed by atoms with Gasteiger partial charge in [0.2, 0.25) is 0 Å². The molecule has 0 aliphatic heterocycles. The molecular formula is C16H20N2. The first kappa shape index (κ1) is 11.7. The predicted molar refractivity (Wildman–Crippen MR) is 72.0 cm³/mol. The van der Waals surface area contributed by atoms with Crippen LogP contribution in [-0.4, -0.2) is 6.54 Å². The highest BCUT2D eigenvalue weighted by molar-refractivity contribution is 5.32. The third kappa shape index (κ3) is 2.28. The van der Waals surface area contributed by atoms with Crippen molar-refractivity contribution in [1.29, 1.82) is 5.26 Å². The van der Waals surface area contributed by atoms with E-state index in [1.165, 1.54) is 37.8 Å². The summed E-state index contributed by atoms with van der Waals surface area (Å²) in [7, 11) is 0. The van der Waals surface area contributed by atoms with Crippen molar-refractivity contribution in [3.8, 4) is 6.07 Å². The summed E-state index contributed by atoms with van der Waals surface area (Å²) in [6.45, 7) is 3.38. The first-order chi connectivity index (χ1) is 8.73. The van der Waals surface area contributed by atoms with Gasteiger partial charge in [0.1, 0.15) is 0 Å². The fourth-order valence-electron chi connectivity index (χ4n) is 2.91. The molecule has 0 spiro atoms. The van der Waals surface area contributed by atoms with E-state index in [2.05, 4.69) is 30.4 Å². The zero-order chi connectivity index (χ0) is 12.6. The third-order valence-corrected chi connectivity index (χ3v) is 4.64. The molecule has 0 aromatic heterocycles. The molecule has 1 unspecified atom stereocenters. The van der Waals surface area contributed by atoms with Gasteiger partial charge in [-0.3, -0.25) is 0 Å². The van der Waals surface area contributed by atoms with Crippen LogP contribution in [0.4, 0.5) is 0 Å². The first-order valence-electron chi connectivity index (χ1n) is 6.97. The van der Waals surface area contributed by atoms with Gasteiger partial charge in [0.05, 0.1) is 11.6 Å². The molecule has 1 aromatic carbocycles. The topological polar surface area (TPSA) is 35.8 Å². The summed E-state index contributed by atoms with van der Waals surface area (Å²) in [4.78, 5) is 0. The molecule has 2 saturated carbocycles. The van der Waals surface area contributed by atoms with E-state index >= 15 is 0 Å². The number of hydrogen-bond donors (Lipinski definition) is 1. The molecule has 18 heavy (non-hydrogen) atoms. The molecule has 2 fully saturated rings. The summed E-state index contributed by atoms with van der Waals surface area (Å²) in [5.41, 5.74) is 2.67. The van der Waals surface area contributed by atoms with E-state index in [0.717, 1.165) is 11.5 Å². The van der Waals surface area contributed by atoms with E-state index in [4.69, 9.17) is 5.26 Å². The fourth-order valence-corrected chi connectivity index (χ4v) is 2.91. The largest absolute Gasteiger partial charge is 0.310 e. The van der Waals surface area contributed by atoms with Crippen LogP contribution in [0.3, 0.4) is 0 Å². The van der Waals surface area contributed by atoms with Gasteiger partial charge in [0.25, 0.3) is 0 Å². The zero-order valence-corrected chi connectivity index (χ0v) is 10.9. The third-order valence-electron chi connectivity index (χ3n) is 4.64. The van der Waals surface area contributed by atoms with E-state index < -0.39 is 0 Å². The average molecular weight is 240 g/mol. The molecule has 0 bridgehead atoms. The van der Waals surface area contributed by atoms with Crippen LogP contribution in [-0.2, 0) is 0 Å². The second-order valence-electron chi connectivity index (χ2n) is 5.97. The maximum absolute atomic E-state index is 8.79. The Morgan fingerprint density at radius 1 is 1.33 bits per heavy atom. The number of hydrogen-bond acceptors (Lipinski definition) is 2. The second kappa shape index (κ2) is 4.40. The lowest BCUT2D eigenvalue weighted by Gasteiger charge is -2.20. The fraction of sp³-hybridized carbons (Fsp3) is 0.562. The summed E-state index contributed by atoms with van der Waals surface area (Å²) in [5.74, 6) is 1.01. The SMILES string of the molecule is CC(NCC1(C2CC2)CC1)c1ccc(C#N)cc1. The number of nitriles is 1. The monoisotopic (exact) mass is 240 g/mol. The van der Waals surface area contributed by atoms with Gasteiger partial charge in [0, 0.05) is 12.6 Å². The van der Waals surface area contributed by atoms with Crippen molar-refractivity contribution >= 4 is 0 Å². The minimum atomic E-state index is 0.383. The van der Waals surface area contributed by atoms with Crippen molar-refractivity contribution in [2.75, 3.05) is 6.54 Å². The van der Waals surface area contributed by atoms with Crippen LogP contribution < -0.4 is 5.32 Å². The Labute approximate surface area is 109 Å². The molecule has 0 heterocycles. The van der Waals surface area contributed by atoms with Crippen LogP contribution in [0.25, 0.3) is 0 Å². The van der Waals surface area contributed by atoms with E-state index in [1.807, 2.05) is 12.1 Å². The smallest absolute Gasteiger partial charge is 0.0991 e. The summed E-state index contributed by atoms with van der Waals surface area (Å²) < 4.78 is 0. The minimum absolute atomic E-state index is 0.383. The number of nitrogens with one attached hydrogen (secondary N) is 1. The van der Waals surface area contributed by atoms with E-state index in [1.54, 1.807) is 0 Å². The number of benzene rings is 1. The Hall–Kier alpha value is -1.33. The van der Waals surface area contributed by atoms with Crippen LogP contribution in [0.5, 0.6) is 0 Å². The Morgan fingerprint density at radius 2 is 2.00 bits per heavy atom. The standard InChI is InChI=1S/C16H20N2/c1-12(14-4-2-13(10-17)3-5-14)18-11-16(8-9-16)15-6-7-15/h2-5,12,15,18H,6-9,11H2,1H3. The van der Waals surface area contributed by atoms with Crippen molar-refractivity contribution in [1.82, 2.24) is 5.32 Å². The lowest BCUT2D eigenvalue weighted by atomic mass is 9.99. The molecule has 2 aliphatic carbocycles. The van der Waals surface area contributed by atoms with Crippen molar-refractivity contribution in [3.05, 3.63) is 35.4 Å². The van der Waals surface area contributed by atoms with Crippen LogP contribution in [0.2, 0.25) is 0 Å². The maximum atomic E-state index is 8.79. The van der Waals surface area contributed by atoms with Gasteiger partial charge >= 0.3 is 0 Å². The van der Waals surface area contributed by atoms with E-state index in [9.17, 15) is 0 Å². The van der Waals surface area contributed by atoms with Crippen LogP contribution in [0.15, 0.2) is 24.3 Å². The van der Waals surface area contributed by atoms with Crippen molar-refractivity contribution in [3.63, 3.8) is 0 Å². The van der Waals surface area contributed by atoms with Gasteiger partial charge in [-0.1, -0.05) is 12.1 Å². The van der Waals surface area contributed by atoms with Gasteiger partial charge in [-0.05, 0) is 61.6 Å². The maximum Gasteiger partial charge on any atom is 0.0991 e. The molecule has 2 nitrogen and oxygen atoms in total. The average Bonchev–Trinajstić information content (AvgIpc) is 3.28. The highest BCUT2D eigenvalue weighted by Gasteiger charge is 2.53. The van der Waals surface area contributed by atoms with Gasteiger partial charge in [-0.15, -0.1) is 0 Å². The predicted octanol–water partition coefficient (Wildman–Crippen LogP) is 3.40. The lowest BCUT2D eigenvalue weighted by molar-refractivity contribution is 0.382. The Bertz CT molecular complexity index is 461. The first-order valence-corrected chi connectivity index (χ1v) is 6.97. The van der Waals surface area contributed by atoms with E-state index in [-0.39, 0.29) is 0 Å². The summed E-state index contributed by atoms with van der Waals surface area (Å²) in [6, 6.07) is 10.5. The second-order valence-corrected chi connectivity index (χ2v) is 5.97. The van der Waals surface area contributed by atoms with Gasteiger partial charge in [-0.2, -0.15) is 5.26 Å². The highest BCUT2D eigenvalue weighted by Crippen LogP contribution is 2.60. The van der Waals surface area contributed by atoms with Gasteiger partial charge < -0.3 is 5.32 Å². The number of rotatable bonds is 5. The molecule has 3 rings (SSSR count). The summed E-state index contributed by atoms with van der Waals surface area (Å²) in [6.07, 6.45) is 5.75. The number of nitrogens with zero attached hydrogens (tertiary/aromatic N) is 1. The van der Waals surface area contributed by atoms with Crippen LogP contribution in [0, 0.1) is 22.7 Å². The summed E-state index contributed by atoms with van der Waals surface area (Å²) in [5, 5.41) is 12.5. The Morgan fingerprint density at radius 3 is 2.50 bits per heavy atom. The molecule has 1 aromatic rings. The summed E-state index contributed by atoms with van der Waals surface area (Å²) >= 11 is 0. The van der Waals surface area contributed by atoms with Crippen LogP contribution in [0.1, 0.15) is 49.8 Å². The van der Waals surface area contributed by atoms with Gasteiger partial charge in [-0.25, -0.2) is 0 Å². The molecule has 0 radical (unpaired) electrons. The van der Waals surface area contributed by atoms with Crippen LogP contribution >= 0.6 is 0 Å².